The summed E-state index contributed by atoms with van der Waals surface area (Å²) in [6, 6.07) is 9.32. The summed E-state index contributed by atoms with van der Waals surface area (Å²) in [6.45, 7) is 5.44. The normalized spacial score (nSPS) is 22.1. The molecule has 1 fully saturated rings. The lowest BCUT2D eigenvalue weighted by atomic mass is 10.1. The van der Waals surface area contributed by atoms with E-state index in [-0.39, 0.29) is 0 Å². The second-order valence-electron chi connectivity index (χ2n) is 4.45. The number of rotatable bonds is 3. The van der Waals surface area contributed by atoms with Crippen molar-refractivity contribution in [1.29, 1.82) is 0 Å². The Morgan fingerprint density at radius 3 is 2.47 bits per heavy atom. The average molecular weight is 204 g/mol. The van der Waals surface area contributed by atoms with Crippen molar-refractivity contribution in [3.63, 3.8) is 0 Å². The summed E-state index contributed by atoms with van der Waals surface area (Å²) in [4.78, 5) is 2.44. The van der Waals surface area contributed by atoms with Crippen molar-refractivity contribution in [3.8, 4) is 0 Å². The third-order valence-electron chi connectivity index (χ3n) is 3.15. The Labute approximate surface area is 92.1 Å². The smallest absolute Gasteiger partial charge is 0.0234 e. The van der Waals surface area contributed by atoms with Crippen LogP contribution in [-0.2, 0) is 13.0 Å². The summed E-state index contributed by atoms with van der Waals surface area (Å²) in [5.74, 6) is 0. The fourth-order valence-electron chi connectivity index (χ4n) is 2.14. The minimum absolute atomic E-state index is 0.389. The van der Waals surface area contributed by atoms with Crippen molar-refractivity contribution in [2.75, 3.05) is 13.1 Å². The molecule has 15 heavy (non-hydrogen) atoms. The van der Waals surface area contributed by atoms with Gasteiger partial charge in [0.15, 0.2) is 0 Å². The van der Waals surface area contributed by atoms with Crippen molar-refractivity contribution >= 4 is 0 Å². The molecule has 1 atom stereocenters. The molecule has 2 heteroatoms. The molecule has 1 heterocycles. The van der Waals surface area contributed by atoms with Crippen LogP contribution in [0.5, 0.6) is 0 Å². The Balaban J connectivity index is 1.93. The third kappa shape index (κ3) is 2.80. The van der Waals surface area contributed by atoms with E-state index in [1.807, 2.05) is 0 Å². The minimum atomic E-state index is 0.389. The highest BCUT2D eigenvalue weighted by atomic mass is 15.2. The van der Waals surface area contributed by atoms with Crippen LogP contribution >= 0.6 is 0 Å². The van der Waals surface area contributed by atoms with E-state index in [0.29, 0.717) is 6.04 Å². The van der Waals surface area contributed by atoms with Gasteiger partial charge in [0.1, 0.15) is 0 Å². The lowest BCUT2D eigenvalue weighted by molar-refractivity contribution is 0.327. The van der Waals surface area contributed by atoms with Gasteiger partial charge in [-0.2, -0.15) is 0 Å². The summed E-state index contributed by atoms with van der Waals surface area (Å²) in [5.41, 5.74) is 8.70. The number of aryl methyl sites for hydroxylation is 1. The number of hydrogen-bond donors (Lipinski definition) is 1. The fourth-order valence-corrected chi connectivity index (χ4v) is 2.14. The van der Waals surface area contributed by atoms with Crippen molar-refractivity contribution in [2.45, 2.75) is 32.4 Å². The highest BCUT2D eigenvalue weighted by Gasteiger charge is 2.18. The summed E-state index contributed by atoms with van der Waals surface area (Å²) < 4.78 is 0. The molecule has 0 radical (unpaired) electrons. The van der Waals surface area contributed by atoms with Crippen LogP contribution in [0.15, 0.2) is 24.3 Å². The molecule has 1 aliphatic rings. The molecule has 1 aliphatic heterocycles. The first-order valence-corrected chi connectivity index (χ1v) is 5.83. The van der Waals surface area contributed by atoms with Gasteiger partial charge in [-0.05, 0) is 24.0 Å². The monoisotopic (exact) mass is 204 g/mol. The summed E-state index contributed by atoms with van der Waals surface area (Å²) in [6.07, 6.45) is 2.27. The third-order valence-corrected chi connectivity index (χ3v) is 3.15. The van der Waals surface area contributed by atoms with E-state index in [1.54, 1.807) is 0 Å². The Hall–Kier alpha value is -0.860. The lowest BCUT2D eigenvalue weighted by Crippen LogP contribution is -2.26. The molecule has 0 aromatic heterocycles. The number of nitrogens with two attached hydrogens (primary N) is 1. The zero-order valence-corrected chi connectivity index (χ0v) is 9.45. The SMILES string of the molecule is CCc1ccc(CN2CC[C@H](N)C2)cc1. The Bertz CT molecular complexity index is 305. The molecule has 2 nitrogen and oxygen atoms in total. The van der Waals surface area contributed by atoms with Crippen molar-refractivity contribution in [1.82, 2.24) is 4.90 Å². The standard InChI is InChI=1S/C13H20N2/c1-2-11-3-5-12(6-4-11)9-15-8-7-13(14)10-15/h3-6,13H,2,7-10,14H2,1H3/t13-/m0/s1. The maximum atomic E-state index is 5.88. The van der Waals surface area contributed by atoms with Crippen molar-refractivity contribution in [3.05, 3.63) is 35.4 Å². The summed E-state index contributed by atoms with van der Waals surface area (Å²) in [5, 5.41) is 0. The topological polar surface area (TPSA) is 29.3 Å². The number of hydrogen-bond acceptors (Lipinski definition) is 2. The van der Waals surface area contributed by atoms with Gasteiger partial charge in [0, 0.05) is 25.7 Å². The molecule has 1 aromatic carbocycles. The second kappa shape index (κ2) is 4.77. The van der Waals surface area contributed by atoms with Crippen LogP contribution in [0.1, 0.15) is 24.5 Å². The number of likely N-dealkylation sites (tertiary alicyclic amines) is 1. The van der Waals surface area contributed by atoms with E-state index >= 15 is 0 Å². The molecule has 0 amide bonds. The minimum Gasteiger partial charge on any atom is -0.326 e. The van der Waals surface area contributed by atoms with Gasteiger partial charge in [-0.1, -0.05) is 31.2 Å². The molecule has 1 saturated heterocycles. The second-order valence-corrected chi connectivity index (χ2v) is 4.45. The first kappa shape index (κ1) is 10.7. The maximum Gasteiger partial charge on any atom is 0.0234 e. The van der Waals surface area contributed by atoms with Gasteiger partial charge >= 0.3 is 0 Å². The molecule has 0 aliphatic carbocycles. The number of nitrogens with zero attached hydrogens (tertiary/aromatic N) is 1. The summed E-state index contributed by atoms with van der Waals surface area (Å²) in [7, 11) is 0. The van der Waals surface area contributed by atoms with Crippen LogP contribution in [0, 0.1) is 0 Å². The van der Waals surface area contributed by atoms with Crippen molar-refractivity contribution in [2.24, 2.45) is 5.73 Å². The van der Waals surface area contributed by atoms with E-state index in [4.69, 9.17) is 5.73 Å². The van der Waals surface area contributed by atoms with E-state index in [2.05, 4.69) is 36.1 Å². The molecule has 0 unspecified atom stereocenters. The predicted octanol–water partition coefficient (Wildman–Crippen LogP) is 1.78. The van der Waals surface area contributed by atoms with Gasteiger partial charge in [-0.25, -0.2) is 0 Å². The molecule has 0 spiro atoms. The van der Waals surface area contributed by atoms with Crippen LogP contribution in [-0.4, -0.2) is 24.0 Å². The van der Waals surface area contributed by atoms with Crippen LogP contribution in [0.25, 0.3) is 0 Å². The molecule has 2 rings (SSSR count). The highest BCUT2D eigenvalue weighted by molar-refractivity contribution is 5.22. The van der Waals surface area contributed by atoms with E-state index < -0.39 is 0 Å². The molecular weight excluding hydrogens is 184 g/mol. The van der Waals surface area contributed by atoms with E-state index in [9.17, 15) is 0 Å². The highest BCUT2D eigenvalue weighted by Crippen LogP contribution is 2.13. The largest absolute Gasteiger partial charge is 0.326 e. The van der Waals surface area contributed by atoms with Gasteiger partial charge in [-0.15, -0.1) is 0 Å². The zero-order chi connectivity index (χ0) is 10.7. The first-order chi connectivity index (χ1) is 7.28. The van der Waals surface area contributed by atoms with Crippen LogP contribution in [0.4, 0.5) is 0 Å². The molecular formula is C13H20N2. The average Bonchev–Trinajstić information content (AvgIpc) is 2.65. The van der Waals surface area contributed by atoms with Gasteiger partial charge in [-0.3, -0.25) is 4.90 Å². The molecule has 2 N–H and O–H groups in total. The maximum absolute atomic E-state index is 5.88. The molecule has 82 valence electrons. The quantitative estimate of drug-likeness (QED) is 0.813. The van der Waals surface area contributed by atoms with Crippen molar-refractivity contribution < 1.29 is 0 Å². The number of benzene rings is 1. The lowest BCUT2D eigenvalue weighted by Gasteiger charge is -2.15. The first-order valence-electron chi connectivity index (χ1n) is 5.83. The van der Waals surface area contributed by atoms with Crippen LogP contribution < -0.4 is 5.73 Å². The van der Waals surface area contributed by atoms with Gasteiger partial charge in [0.2, 0.25) is 0 Å². The van der Waals surface area contributed by atoms with E-state index in [1.165, 1.54) is 11.1 Å². The van der Waals surface area contributed by atoms with Crippen LogP contribution in [0.3, 0.4) is 0 Å². The molecule has 0 saturated carbocycles. The predicted molar refractivity (Wildman–Crippen MR) is 63.7 cm³/mol. The zero-order valence-electron chi connectivity index (χ0n) is 9.45. The van der Waals surface area contributed by atoms with Crippen LogP contribution in [0.2, 0.25) is 0 Å². The summed E-state index contributed by atoms with van der Waals surface area (Å²) >= 11 is 0. The Morgan fingerprint density at radius 1 is 1.27 bits per heavy atom. The Morgan fingerprint density at radius 2 is 1.93 bits per heavy atom. The Kier molecular flexibility index (Phi) is 3.39. The van der Waals surface area contributed by atoms with Gasteiger partial charge in [0.25, 0.3) is 0 Å². The molecule has 0 bridgehead atoms. The van der Waals surface area contributed by atoms with E-state index in [0.717, 1.165) is 32.5 Å². The van der Waals surface area contributed by atoms with Gasteiger partial charge in [0.05, 0.1) is 0 Å². The van der Waals surface area contributed by atoms with Gasteiger partial charge < -0.3 is 5.73 Å². The fraction of sp³-hybridized carbons (Fsp3) is 0.538. The molecule has 1 aromatic rings.